The lowest BCUT2D eigenvalue weighted by Gasteiger charge is -2.12. The molecule has 0 unspecified atom stereocenters. The summed E-state index contributed by atoms with van der Waals surface area (Å²) >= 11 is 0. The van der Waals surface area contributed by atoms with Crippen LogP contribution >= 0.6 is 0 Å². The molecule has 0 aromatic carbocycles. The summed E-state index contributed by atoms with van der Waals surface area (Å²) in [6.07, 6.45) is 7.54. The molecule has 0 fully saturated rings. The Labute approximate surface area is 66.8 Å². The molecule has 60 valence electrons. The van der Waals surface area contributed by atoms with E-state index in [2.05, 4.69) is 12.2 Å². The molecule has 0 heterocycles. The number of rotatable bonds is 3. The van der Waals surface area contributed by atoms with Crippen molar-refractivity contribution in [1.29, 1.82) is 0 Å². The Morgan fingerprint density at radius 2 is 2.00 bits per heavy atom. The number of hydrogen-bond acceptors (Lipinski definition) is 2. The Bertz CT molecular complexity index is 200. The first-order valence-corrected chi connectivity index (χ1v) is 3.87. The van der Waals surface area contributed by atoms with Crippen molar-refractivity contribution >= 4 is 6.29 Å². The second kappa shape index (κ2) is 4.09. The maximum atomic E-state index is 10.2. The molecule has 0 aromatic heterocycles. The molecule has 11 heavy (non-hydrogen) atoms. The van der Waals surface area contributed by atoms with Crippen LogP contribution in [0.3, 0.4) is 0 Å². The molecule has 0 aromatic rings. The fourth-order valence-corrected chi connectivity index (χ4v) is 1.30. The fourth-order valence-electron chi connectivity index (χ4n) is 1.30. The molecular formula is C9H13NO. The third kappa shape index (κ3) is 2.02. The lowest BCUT2D eigenvalue weighted by atomic mass is 9.95. The highest BCUT2D eigenvalue weighted by Crippen LogP contribution is 2.20. The number of nitrogens with two attached hydrogens (primary N) is 1. The van der Waals surface area contributed by atoms with E-state index in [4.69, 9.17) is 5.73 Å². The standard InChI is InChI=1S/C9H13NO/c10-7-9-4-2-1-3-8(9)5-6-11/h1-2,6H,3-5,7,10H2. The minimum absolute atomic E-state index is 0.552. The van der Waals surface area contributed by atoms with E-state index in [0.29, 0.717) is 13.0 Å². The summed E-state index contributed by atoms with van der Waals surface area (Å²) in [5.74, 6) is 0. The second-order valence-corrected chi connectivity index (χ2v) is 2.66. The molecule has 2 heteroatoms. The van der Waals surface area contributed by atoms with Crippen LogP contribution in [0.15, 0.2) is 23.3 Å². The molecule has 0 aliphatic heterocycles. The van der Waals surface area contributed by atoms with Gasteiger partial charge in [0.05, 0.1) is 0 Å². The number of allylic oxidation sites excluding steroid dienone is 3. The summed E-state index contributed by atoms with van der Waals surface area (Å²) in [6.45, 7) is 0.591. The number of carbonyl (C=O) groups excluding carboxylic acids is 1. The summed E-state index contributed by atoms with van der Waals surface area (Å²) in [4.78, 5) is 10.2. The number of hydrogen-bond donors (Lipinski definition) is 1. The predicted octanol–water partition coefficient (Wildman–Crippen LogP) is 1.18. The van der Waals surface area contributed by atoms with E-state index < -0.39 is 0 Å². The average molecular weight is 151 g/mol. The molecule has 0 saturated carbocycles. The molecule has 1 rings (SSSR count). The van der Waals surface area contributed by atoms with Gasteiger partial charge in [0.15, 0.2) is 0 Å². The number of aldehydes is 1. The summed E-state index contributed by atoms with van der Waals surface area (Å²) in [5, 5.41) is 0. The highest BCUT2D eigenvalue weighted by atomic mass is 16.1. The zero-order valence-corrected chi connectivity index (χ0v) is 6.55. The van der Waals surface area contributed by atoms with E-state index in [1.165, 1.54) is 11.1 Å². The SMILES string of the molecule is NCC1=C(CC=O)CC=CC1. The quantitative estimate of drug-likeness (QED) is 0.486. The van der Waals surface area contributed by atoms with Gasteiger partial charge in [-0.3, -0.25) is 0 Å². The molecular weight excluding hydrogens is 138 g/mol. The van der Waals surface area contributed by atoms with Crippen LogP contribution < -0.4 is 5.73 Å². The summed E-state index contributed by atoms with van der Waals surface area (Å²) in [7, 11) is 0. The second-order valence-electron chi connectivity index (χ2n) is 2.66. The normalized spacial score (nSPS) is 17.2. The van der Waals surface area contributed by atoms with Gasteiger partial charge in [-0.25, -0.2) is 0 Å². The van der Waals surface area contributed by atoms with Crippen LogP contribution in [0, 0.1) is 0 Å². The van der Waals surface area contributed by atoms with E-state index in [-0.39, 0.29) is 0 Å². The summed E-state index contributed by atoms with van der Waals surface area (Å²) in [5.41, 5.74) is 7.96. The van der Waals surface area contributed by atoms with Crippen molar-refractivity contribution in [2.75, 3.05) is 6.54 Å². The van der Waals surface area contributed by atoms with Crippen molar-refractivity contribution < 1.29 is 4.79 Å². The molecule has 2 nitrogen and oxygen atoms in total. The van der Waals surface area contributed by atoms with Crippen molar-refractivity contribution in [3.8, 4) is 0 Å². The maximum absolute atomic E-state index is 10.2. The number of carbonyl (C=O) groups is 1. The van der Waals surface area contributed by atoms with Crippen molar-refractivity contribution in [2.45, 2.75) is 19.3 Å². The molecule has 0 bridgehead atoms. The van der Waals surface area contributed by atoms with Gasteiger partial charge in [0, 0.05) is 13.0 Å². The zero-order valence-electron chi connectivity index (χ0n) is 6.55. The Morgan fingerprint density at radius 1 is 1.36 bits per heavy atom. The summed E-state index contributed by atoms with van der Waals surface area (Å²) in [6, 6.07) is 0. The third-order valence-corrected chi connectivity index (χ3v) is 1.97. The lowest BCUT2D eigenvalue weighted by Crippen LogP contribution is -2.08. The largest absolute Gasteiger partial charge is 0.327 e. The first kappa shape index (κ1) is 8.21. The van der Waals surface area contributed by atoms with Crippen molar-refractivity contribution in [3.63, 3.8) is 0 Å². The monoisotopic (exact) mass is 151 g/mol. The van der Waals surface area contributed by atoms with Gasteiger partial charge in [0.1, 0.15) is 6.29 Å². The van der Waals surface area contributed by atoms with Gasteiger partial charge in [-0.15, -0.1) is 0 Å². The van der Waals surface area contributed by atoms with Crippen LogP contribution in [0.5, 0.6) is 0 Å². The lowest BCUT2D eigenvalue weighted by molar-refractivity contribution is -0.107. The Kier molecular flexibility index (Phi) is 3.05. The molecule has 1 aliphatic carbocycles. The molecule has 0 amide bonds. The average Bonchev–Trinajstić information content (AvgIpc) is 2.06. The van der Waals surface area contributed by atoms with Crippen molar-refractivity contribution in [3.05, 3.63) is 23.3 Å². The Hall–Kier alpha value is -0.890. The van der Waals surface area contributed by atoms with E-state index in [9.17, 15) is 4.79 Å². The Morgan fingerprint density at radius 3 is 2.55 bits per heavy atom. The Balaban J connectivity index is 2.67. The van der Waals surface area contributed by atoms with Crippen LogP contribution in [0.2, 0.25) is 0 Å². The van der Waals surface area contributed by atoms with Gasteiger partial charge >= 0.3 is 0 Å². The third-order valence-electron chi connectivity index (χ3n) is 1.97. The smallest absolute Gasteiger partial charge is 0.124 e. The minimum Gasteiger partial charge on any atom is -0.327 e. The van der Waals surface area contributed by atoms with E-state index in [0.717, 1.165) is 19.1 Å². The molecule has 1 aliphatic rings. The van der Waals surface area contributed by atoms with Gasteiger partial charge in [-0.05, 0) is 12.8 Å². The van der Waals surface area contributed by atoms with Crippen LogP contribution in [0.25, 0.3) is 0 Å². The predicted molar refractivity (Wildman–Crippen MR) is 45.1 cm³/mol. The van der Waals surface area contributed by atoms with Gasteiger partial charge < -0.3 is 10.5 Å². The van der Waals surface area contributed by atoms with Crippen LogP contribution in [-0.4, -0.2) is 12.8 Å². The van der Waals surface area contributed by atoms with Crippen LogP contribution in [0.1, 0.15) is 19.3 Å². The van der Waals surface area contributed by atoms with E-state index in [1.54, 1.807) is 0 Å². The van der Waals surface area contributed by atoms with Crippen molar-refractivity contribution in [2.24, 2.45) is 5.73 Å². The maximum Gasteiger partial charge on any atom is 0.124 e. The summed E-state index contributed by atoms with van der Waals surface area (Å²) < 4.78 is 0. The van der Waals surface area contributed by atoms with Gasteiger partial charge in [-0.1, -0.05) is 23.3 Å². The first-order valence-electron chi connectivity index (χ1n) is 3.87. The highest BCUT2D eigenvalue weighted by molar-refractivity contribution is 5.55. The fraction of sp³-hybridized carbons (Fsp3) is 0.444. The van der Waals surface area contributed by atoms with Gasteiger partial charge in [0.25, 0.3) is 0 Å². The van der Waals surface area contributed by atoms with E-state index >= 15 is 0 Å². The minimum atomic E-state index is 0.552. The molecule has 2 N–H and O–H groups in total. The topological polar surface area (TPSA) is 43.1 Å². The molecule has 0 radical (unpaired) electrons. The van der Waals surface area contributed by atoms with E-state index in [1.807, 2.05) is 0 Å². The molecule has 0 spiro atoms. The molecule has 0 atom stereocenters. The van der Waals surface area contributed by atoms with Crippen molar-refractivity contribution in [1.82, 2.24) is 0 Å². The van der Waals surface area contributed by atoms with Gasteiger partial charge in [-0.2, -0.15) is 0 Å². The van der Waals surface area contributed by atoms with Crippen LogP contribution in [0.4, 0.5) is 0 Å². The first-order chi connectivity index (χ1) is 5.38. The van der Waals surface area contributed by atoms with Gasteiger partial charge in [0.2, 0.25) is 0 Å². The highest BCUT2D eigenvalue weighted by Gasteiger charge is 2.05. The van der Waals surface area contributed by atoms with Crippen LogP contribution in [-0.2, 0) is 4.79 Å². The zero-order chi connectivity index (χ0) is 8.10. The molecule has 0 saturated heterocycles.